The Balaban J connectivity index is 3.52. The van der Waals surface area contributed by atoms with Gasteiger partial charge in [0.1, 0.15) is 13.2 Å². The van der Waals surface area contributed by atoms with Gasteiger partial charge in [-0.2, -0.15) is 0 Å². The number of methoxy groups -OCH3 is 1. The van der Waals surface area contributed by atoms with Gasteiger partial charge in [0.15, 0.2) is 0 Å². The predicted molar refractivity (Wildman–Crippen MR) is 96.5 cm³/mol. The molecule has 9 nitrogen and oxygen atoms in total. The number of hydrogen-bond acceptors (Lipinski definition) is 9. The van der Waals surface area contributed by atoms with E-state index in [0.29, 0.717) is 46.2 Å². The van der Waals surface area contributed by atoms with Crippen LogP contribution in [0.1, 0.15) is 13.3 Å². The summed E-state index contributed by atoms with van der Waals surface area (Å²) in [4.78, 5) is 23.3. The van der Waals surface area contributed by atoms with E-state index in [1.807, 2.05) is 6.92 Å². The summed E-state index contributed by atoms with van der Waals surface area (Å²) >= 11 is 0. The summed E-state index contributed by atoms with van der Waals surface area (Å²) < 4.78 is 35.5. The molecule has 0 aliphatic rings. The summed E-state index contributed by atoms with van der Waals surface area (Å²) in [6, 6.07) is 0. The molecule has 0 aliphatic carbocycles. The van der Waals surface area contributed by atoms with Crippen LogP contribution < -0.4 is 0 Å². The maximum atomic E-state index is 11.7. The Bertz CT molecular complexity index is 398. The fourth-order valence-electron chi connectivity index (χ4n) is 1.64. The summed E-state index contributed by atoms with van der Waals surface area (Å²) in [7, 11) is 1.57. The molecule has 0 N–H and O–H groups in total. The second-order valence-electron chi connectivity index (χ2n) is 5.16. The first kappa shape index (κ1) is 25.5. The van der Waals surface area contributed by atoms with E-state index in [1.54, 1.807) is 7.11 Å². The Morgan fingerprint density at radius 3 is 1.74 bits per heavy atom. The first-order chi connectivity index (χ1) is 13.1. The van der Waals surface area contributed by atoms with Gasteiger partial charge in [0.05, 0.1) is 59.3 Å². The van der Waals surface area contributed by atoms with Crippen molar-refractivity contribution in [2.24, 2.45) is 0 Å². The molecule has 0 fully saturated rings. The summed E-state index contributed by atoms with van der Waals surface area (Å²) in [6.07, 6.45) is -0.231. The molecule has 0 radical (unpaired) electrons. The lowest BCUT2D eigenvalue weighted by Gasteiger charge is -2.09. The van der Waals surface area contributed by atoms with E-state index >= 15 is 0 Å². The Morgan fingerprint density at radius 2 is 1.19 bits per heavy atom. The highest BCUT2D eigenvalue weighted by Gasteiger charge is 2.14. The fourth-order valence-corrected chi connectivity index (χ4v) is 1.64. The Hall–Kier alpha value is -1.52. The van der Waals surface area contributed by atoms with Crippen LogP contribution in [0.2, 0.25) is 0 Å². The second kappa shape index (κ2) is 19.2. The number of carbonyl (C=O) groups is 2. The van der Waals surface area contributed by atoms with Gasteiger partial charge in [-0.05, 0) is 6.92 Å². The maximum Gasteiger partial charge on any atom is 0.334 e. The van der Waals surface area contributed by atoms with Gasteiger partial charge in [-0.3, -0.25) is 4.79 Å². The number of rotatable bonds is 19. The molecule has 0 rings (SSSR count). The minimum absolute atomic E-state index is 0.0274. The zero-order valence-electron chi connectivity index (χ0n) is 16.4. The second-order valence-corrected chi connectivity index (χ2v) is 5.16. The number of hydrogen-bond donors (Lipinski definition) is 0. The van der Waals surface area contributed by atoms with Crippen molar-refractivity contribution < 1.29 is 42.7 Å². The summed E-state index contributed by atoms with van der Waals surface area (Å²) in [5.41, 5.74) is 0.0274. The van der Waals surface area contributed by atoms with Gasteiger partial charge >= 0.3 is 11.9 Å². The number of esters is 2. The van der Waals surface area contributed by atoms with Crippen molar-refractivity contribution in [2.45, 2.75) is 13.3 Å². The van der Waals surface area contributed by atoms with Crippen LogP contribution in [0, 0.1) is 0 Å². The normalized spacial score (nSPS) is 10.6. The van der Waals surface area contributed by atoms with Crippen LogP contribution in [0.25, 0.3) is 0 Å². The largest absolute Gasteiger partial charge is 0.463 e. The van der Waals surface area contributed by atoms with Crippen LogP contribution in [-0.2, 0) is 42.7 Å². The molecular weight excluding hydrogens is 360 g/mol. The minimum Gasteiger partial charge on any atom is -0.463 e. The van der Waals surface area contributed by atoms with Crippen LogP contribution in [-0.4, -0.2) is 91.7 Å². The first-order valence-electron chi connectivity index (χ1n) is 8.92. The van der Waals surface area contributed by atoms with Crippen LogP contribution in [0.4, 0.5) is 0 Å². The summed E-state index contributed by atoms with van der Waals surface area (Å²) in [5.74, 6) is -1.22. The molecule has 0 aromatic rings. The maximum absolute atomic E-state index is 11.7. The van der Waals surface area contributed by atoms with E-state index in [1.165, 1.54) is 0 Å². The molecule has 0 saturated carbocycles. The molecular formula is C18H32O9. The first-order valence-corrected chi connectivity index (χ1v) is 8.92. The smallest absolute Gasteiger partial charge is 0.334 e. The SMILES string of the molecule is C=C(CC(=O)OCCOCCOC)C(=O)OCCOCCOCCOCC. The van der Waals surface area contributed by atoms with Crippen LogP contribution in [0.3, 0.4) is 0 Å². The van der Waals surface area contributed by atoms with E-state index in [2.05, 4.69) is 6.58 Å². The third kappa shape index (κ3) is 17.6. The summed E-state index contributed by atoms with van der Waals surface area (Å²) in [6.45, 7) is 9.58. The molecule has 0 heterocycles. The lowest BCUT2D eigenvalue weighted by molar-refractivity contribution is -0.148. The van der Waals surface area contributed by atoms with Gasteiger partial charge in [-0.25, -0.2) is 4.79 Å². The van der Waals surface area contributed by atoms with Crippen molar-refractivity contribution >= 4 is 11.9 Å². The highest BCUT2D eigenvalue weighted by atomic mass is 16.6. The lowest BCUT2D eigenvalue weighted by Crippen LogP contribution is -2.17. The Kier molecular flexibility index (Phi) is 18.2. The monoisotopic (exact) mass is 392 g/mol. The average molecular weight is 392 g/mol. The Morgan fingerprint density at radius 1 is 0.704 bits per heavy atom. The molecule has 0 aromatic heterocycles. The van der Waals surface area contributed by atoms with Gasteiger partial charge < -0.3 is 33.2 Å². The molecule has 0 unspecified atom stereocenters. The van der Waals surface area contributed by atoms with E-state index in [0.717, 1.165) is 0 Å². The van der Waals surface area contributed by atoms with Crippen LogP contribution in [0.5, 0.6) is 0 Å². The van der Waals surface area contributed by atoms with Gasteiger partial charge in [-0.15, -0.1) is 0 Å². The average Bonchev–Trinajstić information content (AvgIpc) is 2.65. The Labute approximate surface area is 160 Å². The molecule has 27 heavy (non-hydrogen) atoms. The van der Waals surface area contributed by atoms with Crippen molar-refractivity contribution in [3.05, 3.63) is 12.2 Å². The predicted octanol–water partition coefficient (Wildman–Crippen LogP) is 0.752. The quantitative estimate of drug-likeness (QED) is 0.179. The number of carbonyl (C=O) groups excluding carboxylic acids is 2. The highest BCUT2D eigenvalue weighted by molar-refractivity contribution is 5.93. The topological polar surface area (TPSA) is 98.8 Å². The van der Waals surface area contributed by atoms with Gasteiger partial charge in [0.2, 0.25) is 0 Å². The third-order valence-corrected chi connectivity index (χ3v) is 2.98. The fraction of sp³-hybridized carbons (Fsp3) is 0.778. The molecule has 0 aromatic carbocycles. The molecule has 0 spiro atoms. The lowest BCUT2D eigenvalue weighted by atomic mass is 10.2. The van der Waals surface area contributed by atoms with Crippen molar-refractivity contribution in [2.75, 3.05) is 79.8 Å². The minimum atomic E-state index is -0.653. The van der Waals surface area contributed by atoms with E-state index in [4.69, 9.17) is 33.2 Å². The zero-order valence-corrected chi connectivity index (χ0v) is 16.4. The van der Waals surface area contributed by atoms with Crippen LogP contribution in [0.15, 0.2) is 12.2 Å². The van der Waals surface area contributed by atoms with E-state index < -0.39 is 11.9 Å². The molecule has 0 amide bonds. The zero-order chi connectivity index (χ0) is 20.2. The van der Waals surface area contributed by atoms with Gasteiger partial charge in [0, 0.05) is 19.3 Å². The van der Waals surface area contributed by atoms with Crippen LogP contribution >= 0.6 is 0 Å². The van der Waals surface area contributed by atoms with Gasteiger partial charge in [0.25, 0.3) is 0 Å². The molecule has 9 heteroatoms. The molecule has 158 valence electrons. The van der Waals surface area contributed by atoms with Gasteiger partial charge in [-0.1, -0.05) is 6.58 Å². The molecule has 0 bridgehead atoms. The molecule has 0 saturated heterocycles. The standard InChI is InChI=1S/C18H32O9/c1-4-22-7-8-24-9-10-25-12-14-27-18(20)16(2)15-17(19)26-13-11-23-6-5-21-3/h2,4-15H2,1,3H3. The van der Waals surface area contributed by atoms with Crippen molar-refractivity contribution in [3.8, 4) is 0 Å². The van der Waals surface area contributed by atoms with Crippen molar-refractivity contribution in [3.63, 3.8) is 0 Å². The third-order valence-electron chi connectivity index (χ3n) is 2.98. The van der Waals surface area contributed by atoms with Crippen molar-refractivity contribution in [1.82, 2.24) is 0 Å². The van der Waals surface area contributed by atoms with E-state index in [9.17, 15) is 9.59 Å². The molecule has 0 atom stereocenters. The highest BCUT2D eigenvalue weighted by Crippen LogP contribution is 2.03. The van der Waals surface area contributed by atoms with E-state index in [-0.39, 0.29) is 38.4 Å². The van der Waals surface area contributed by atoms with Crippen molar-refractivity contribution in [1.29, 1.82) is 0 Å². The summed E-state index contributed by atoms with van der Waals surface area (Å²) in [5, 5.41) is 0. The molecule has 0 aliphatic heterocycles. The number of ether oxygens (including phenoxy) is 7.